The van der Waals surface area contributed by atoms with Gasteiger partial charge in [-0.3, -0.25) is 0 Å². The summed E-state index contributed by atoms with van der Waals surface area (Å²) in [5, 5.41) is 10.9. The molecular weight excluding hydrogens is 258 g/mol. The number of nitrogens with zero attached hydrogens (tertiary/aromatic N) is 4. The molecule has 2 rings (SSSR count). The fraction of sp³-hybridized carbons (Fsp3) is 0.111. The topological polar surface area (TPSA) is 63.6 Å². The molecule has 0 aliphatic carbocycles. The van der Waals surface area contributed by atoms with Gasteiger partial charge in [0.25, 0.3) is 0 Å². The average molecular weight is 266 g/mol. The molecule has 0 amide bonds. The van der Waals surface area contributed by atoms with Gasteiger partial charge < -0.3 is 5.32 Å². The molecule has 5 nitrogen and oxygen atoms in total. The molecule has 0 unspecified atom stereocenters. The molecule has 15 heavy (non-hydrogen) atoms. The van der Waals surface area contributed by atoms with Gasteiger partial charge in [0.2, 0.25) is 0 Å². The van der Waals surface area contributed by atoms with Crippen molar-refractivity contribution in [2.75, 3.05) is 5.32 Å². The molecule has 1 N–H and O–H groups in total. The van der Waals surface area contributed by atoms with Crippen LogP contribution >= 0.6 is 15.9 Å². The van der Waals surface area contributed by atoms with Gasteiger partial charge >= 0.3 is 0 Å². The fourth-order valence-electron chi connectivity index (χ4n) is 1.04. The lowest BCUT2D eigenvalue weighted by Gasteiger charge is -2.05. The molecule has 0 fully saturated rings. The zero-order valence-corrected chi connectivity index (χ0v) is 9.35. The van der Waals surface area contributed by atoms with Crippen LogP contribution in [0.25, 0.3) is 0 Å². The van der Waals surface area contributed by atoms with E-state index in [2.05, 4.69) is 41.4 Å². The maximum absolute atomic E-state index is 4.08. The molecule has 0 aliphatic rings. The molecule has 0 aliphatic heterocycles. The van der Waals surface area contributed by atoms with Crippen LogP contribution in [0.5, 0.6) is 0 Å². The van der Waals surface area contributed by atoms with Gasteiger partial charge in [-0.15, -0.1) is 0 Å². The van der Waals surface area contributed by atoms with Gasteiger partial charge in [0.05, 0.1) is 16.7 Å². The van der Waals surface area contributed by atoms with Crippen LogP contribution in [0.15, 0.2) is 35.3 Å². The summed E-state index contributed by atoms with van der Waals surface area (Å²) in [7, 11) is 0. The fourth-order valence-corrected chi connectivity index (χ4v) is 1.41. The Labute approximate surface area is 95.1 Å². The predicted octanol–water partition coefficient (Wildman–Crippen LogP) is 1.64. The lowest BCUT2D eigenvalue weighted by molar-refractivity contribution is 0.918. The molecule has 2 aromatic rings. The van der Waals surface area contributed by atoms with Crippen molar-refractivity contribution in [2.24, 2.45) is 0 Å². The molecule has 0 saturated carbocycles. The minimum atomic E-state index is 0.587. The number of hydrogen-bond donors (Lipinski definition) is 1. The van der Waals surface area contributed by atoms with E-state index >= 15 is 0 Å². The van der Waals surface area contributed by atoms with Crippen molar-refractivity contribution < 1.29 is 0 Å². The third kappa shape index (κ3) is 2.69. The van der Waals surface area contributed by atoms with Gasteiger partial charge in [-0.05, 0) is 28.1 Å². The first-order valence-electron chi connectivity index (χ1n) is 4.32. The van der Waals surface area contributed by atoms with Crippen LogP contribution in [0.2, 0.25) is 0 Å². The Morgan fingerprint density at radius 3 is 3.07 bits per heavy atom. The van der Waals surface area contributed by atoms with Crippen molar-refractivity contribution in [1.29, 1.82) is 0 Å². The highest BCUT2D eigenvalue weighted by atomic mass is 79.9. The van der Waals surface area contributed by atoms with Crippen LogP contribution < -0.4 is 5.32 Å². The van der Waals surface area contributed by atoms with E-state index in [-0.39, 0.29) is 0 Å². The first-order chi connectivity index (χ1) is 7.36. The van der Waals surface area contributed by atoms with E-state index in [0.717, 1.165) is 16.0 Å². The molecule has 0 aromatic carbocycles. The van der Waals surface area contributed by atoms with E-state index in [1.165, 1.54) is 6.33 Å². The number of hydrogen-bond acceptors (Lipinski definition) is 5. The van der Waals surface area contributed by atoms with E-state index in [9.17, 15) is 0 Å². The molecule has 0 saturated heterocycles. The lowest BCUT2D eigenvalue weighted by atomic mass is 10.4. The van der Waals surface area contributed by atoms with Crippen molar-refractivity contribution in [2.45, 2.75) is 6.54 Å². The van der Waals surface area contributed by atoms with Crippen LogP contribution in [-0.4, -0.2) is 20.2 Å². The summed E-state index contributed by atoms with van der Waals surface area (Å²) in [6.07, 6.45) is 4.82. The SMILES string of the molecule is Brc1cncnc1NCc1cccnn1. The van der Waals surface area contributed by atoms with Gasteiger partial charge in [-0.2, -0.15) is 10.2 Å². The number of anilines is 1. The Bertz CT molecular complexity index is 434. The first-order valence-corrected chi connectivity index (χ1v) is 5.11. The van der Waals surface area contributed by atoms with Crippen molar-refractivity contribution in [1.82, 2.24) is 20.2 Å². The van der Waals surface area contributed by atoms with Gasteiger partial charge in [0.15, 0.2) is 0 Å². The molecule has 76 valence electrons. The maximum Gasteiger partial charge on any atom is 0.144 e. The Hall–Kier alpha value is -1.56. The van der Waals surface area contributed by atoms with E-state index < -0.39 is 0 Å². The molecule has 0 spiro atoms. The quantitative estimate of drug-likeness (QED) is 0.914. The summed E-state index contributed by atoms with van der Waals surface area (Å²) < 4.78 is 0.828. The standard InChI is InChI=1S/C9H8BrN5/c10-8-5-11-6-13-9(8)12-4-7-2-1-3-14-15-7/h1-3,5-6H,4H2,(H,11,12,13). The third-order valence-electron chi connectivity index (χ3n) is 1.73. The second kappa shape index (κ2) is 4.79. The number of nitrogens with one attached hydrogen (secondary N) is 1. The van der Waals surface area contributed by atoms with E-state index in [1.54, 1.807) is 12.4 Å². The minimum Gasteiger partial charge on any atom is -0.363 e. The van der Waals surface area contributed by atoms with Crippen molar-refractivity contribution in [3.8, 4) is 0 Å². The third-order valence-corrected chi connectivity index (χ3v) is 2.31. The van der Waals surface area contributed by atoms with E-state index in [0.29, 0.717) is 6.54 Å². The Balaban J connectivity index is 2.03. The monoisotopic (exact) mass is 265 g/mol. The second-order valence-electron chi connectivity index (χ2n) is 2.79. The number of rotatable bonds is 3. The molecule has 0 atom stereocenters. The summed E-state index contributed by atoms with van der Waals surface area (Å²) in [5.41, 5.74) is 0.864. The smallest absolute Gasteiger partial charge is 0.144 e. The Morgan fingerprint density at radius 2 is 2.33 bits per heavy atom. The molecular formula is C9H8BrN5. The Kier molecular flexibility index (Phi) is 3.18. The average Bonchev–Trinajstić information content (AvgIpc) is 2.29. The molecule has 0 bridgehead atoms. The van der Waals surface area contributed by atoms with Crippen LogP contribution in [0, 0.1) is 0 Å². The lowest BCUT2D eigenvalue weighted by Crippen LogP contribution is -2.04. The summed E-state index contributed by atoms with van der Waals surface area (Å²) >= 11 is 3.35. The first kappa shape index (κ1) is 9.97. The van der Waals surface area contributed by atoms with Gasteiger partial charge in [-0.25, -0.2) is 9.97 Å². The summed E-state index contributed by atoms with van der Waals surface area (Å²) in [4.78, 5) is 7.95. The van der Waals surface area contributed by atoms with E-state index in [1.807, 2.05) is 12.1 Å². The molecule has 6 heteroatoms. The molecule has 0 radical (unpaired) electrons. The summed E-state index contributed by atoms with van der Waals surface area (Å²) in [5.74, 6) is 0.746. The second-order valence-corrected chi connectivity index (χ2v) is 3.64. The molecule has 2 heterocycles. The predicted molar refractivity (Wildman–Crippen MR) is 59.1 cm³/mol. The van der Waals surface area contributed by atoms with Gasteiger partial charge in [0, 0.05) is 12.4 Å². The van der Waals surface area contributed by atoms with Crippen molar-refractivity contribution in [3.05, 3.63) is 41.0 Å². The van der Waals surface area contributed by atoms with Crippen LogP contribution in [0.4, 0.5) is 5.82 Å². The van der Waals surface area contributed by atoms with Crippen LogP contribution in [0.1, 0.15) is 5.69 Å². The van der Waals surface area contributed by atoms with Crippen LogP contribution in [0.3, 0.4) is 0 Å². The van der Waals surface area contributed by atoms with Gasteiger partial charge in [0.1, 0.15) is 12.1 Å². The highest BCUT2D eigenvalue weighted by molar-refractivity contribution is 9.10. The zero-order valence-electron chi connectivity index (χ0n) is 7.76. The van der Waals surface area contributed by atoms with Crippen molar-refractivity contribution >= 4 is 21.7 Å². The maximum atomic E-state index is 4.08. The minimum absolute atomic E-state index is 0.587. The number of aromatic nitrogens is 4. The highest BCUT2D eigenvalue weighted by Crippen LogP contribution is 2.17. The largest absolute Gasteiger partial charge is 0.363 e. The molecule has 2 aromatic heterocycles. The Morgan fingerprint density at radius 1 is 1.40 bits per heavy atom. The van der Waals surface area contributed by atoms with Crippen molar-refractivity contribution in [3.63, 3.8) is 0 Å². The summed E-state index contributed by atoms with van der Waals surface area (Å²) in [6.45, 7) is 0.587. The van der Waals surface area contributed by atoms with Crippen LogP contribution in [-0.2, 0) is 6.54 Å². The number of halogens is 1. The highest BCUT2D eigenvalue weighted by Gasteiger charge is 2.00. The normalized spacial score (nSPS) is 9.93. The van der Waals surface area contributed by atoms with Gasteiger partial charge in [-0.1, -0.05) is 0 Å². The van der Waals surface area contributed by atoms with E-state index in [4.69, 9.17) is 0 Å². The summed E-state index contributed by atoms with van der Waals surface area (Å²) in [6, 6.07) is 3.74. The zero-order chi connectivity index (χ0) is 10.5.